The van der Waals surface area contributed by atoms with Crippen molar-refractivity contribution in [3.8, 4) is 0 Å². The molecular formula is C20H32N2O3. The first kappa shape index (κ1) is 17.5. The van der Waals surface area contributed by atoms with Gasteiger partial charge in [0.25, 0.3) is 0 Å². The third-order valence-corrected chi connectivity index (χ3v) is 6.61. The highest BCUT2D eigenvalue weighted by Crippen LogP contribution is 2.63. The lowest BCUT2D eigenvalue weighted by Crippen LogP contribution is -2.58. The minimum Gasteiger partial charge on any atom is -0.382 e. The number of rotatable bonds is 9. The monoisotopic (exact) mass is 348 g/mol. The molecule has 5 nitrogen and oxygen atoms in total. The fourth-order valence-corrected chi connectivity index (χ4v) is 6.16. The van der Waals surface area contributed by atoms with E-state index in [9.17, 15) is 0 Å². The van der Waals surface area contributed by atoms with Crippen molar-refractivity contribution in [2.24, 2.45) is 17.3 Å². The van der Waals surface area contributed by atoms with Crippen LogP contribution in [0.3, 0.4) is 0 Å². The van der Waals surface area contributed by atoms with Gasteiger partial charge in [0, 0.05) is 25.5 Å². The standard InChI is InChI=1S/C20H32N2O3/c1-16-3-4-21-22(16)15-19-10-17-9-18(11-19)13-20(12-17,14-19)25-8-7-24-6-5-23-2/h3-4,17-18H,5-15H2,1-2H3. The van der Waals surface area contributed by atoms with Crippen LogP contribution >= 0.6 is 0 Å². The van der Waals surface area contributed by atoms with Crippen LogP contribution in [-0.2, 0) is 20.8 Å². The third-order valence-electron chi connectivity index (χ3n) is 6.61. The van der Waals surface area contributed by atoms with Crippen molar-refractivity contribution in [2.45, 2.75) is 57.6 Å². The SMILES string of the molecule is COCCOCCOC12CC3CC(CC(Cn4nccc4C)(C3)C1)C2. The number of aryl methyl sites for hydroxylation is 1. The first-order chi connectivity index (χ1) is 12.1. The van der Waals surface area contributed by atoms with E-state index in [1.54, 1.807) is 7.11 Å². The van der Waals surface area contributed by atoms with Crippen LogP contribution in [0.25, 0.3) is 0 Å². The summed E-state index contributed by atoms with van der Waals surface area (Å²) < 4.78 is 19.3. The van der Waals surface area contributed by atoms with Crippen LogP contribution in [0.2, 0.25) is 0 Å². The van der Waals surface area contributed by atoms with Crippen LogP contribution in [-0.4, -0.2) is 48.9 Å². The van der Waals surface area contributed by atoms with Crippen LogP contribution in [0.15, 0.2) is 12.3 Å². The van der Waals surface area contributed by atoms with Gasteiger partial charge in [0.05, 0.1) is 32.0 Å². The summed E-state index contributed by atoms with van der Waals surface area (Å²) in [5.41, 5.74) is 1.75. The summed E-state index contributed by atoms with van der Waals surface area (Å²) in [7, 11) is 1.70. The number of aromatic nitrogens is 2. The second-order valence-corrected chi connectivity index (χ2v) is 8.73. The number of hydrogen-bond donors (Lipinski definition) is 0. The number of ether oxygens (including phenoxy) is 3. The van der Waals surface area contributed by atoms with Gasteiger partial charge in [0.1, 0.15) is 0 Å². The Morgan fingerprint density at radius 3 is 2.56 bits per heavy atom. The quantitative estimate of drug-likeness (QED) is 0.643. The highest BCUT2D eigenvalue weighted by Gasteiger charge is 2.58. The van der Waals surface area contributed by atoms with Crippen molar-refractivity contribution in [2.75, 3.05) is 33.5 Å². The molecule has 4 saturated carbocycles. The molecule has 25 heavy (non-hydrogen) atoms. The predicted octanol–water partition coefficient (Wildman–Crippen LogP) is 3.21. The van der Waals surface area contributed by atoms with Crippen molar-refractivity contribution in [3.63, 3.8) is 0 Å². The Morgan fingerprint density at radius 2 is 1.88 bits per heavy atom. The van der Waals surface area contributed by atoms with Gasteiger partial charge in [0.2, 0.25) is 0 Å². The molecule has 0 saturated heterocycles. The van der Waals surface area contributed by atoms with Crippen molar-refractivity contribution in [1.29, 1.82) is 0 Å². The Morgan fingerprint density at radius 1 is 1.12 bits per heavy atom. The van der Waals surface area contributed by atoms with E-state index in [-0.39, 0.29) is 5.60 Å². The Labute approximate surface area is 151 Å². The summed E-state index contributed by atoms with van der Waals surface area (Å²) in [6, 6.07) is 2.12. The van der Waals surface area contributed by atoms with Gasteiger partial charge in [0.15, 0.2) is 0 Å². The Bertz CT molecular complexity index is 571. The van der Waals surface area contributed by atoms with Crippen LogP contribution in [0.5, 0.6) is 0 Å². The zero-order chi connectivity index (χ0) is 17.3. The molecule has 0 spiro atoms. The molecular weight excluding hydrogens is 316 g/mol. The minimum atomic E-state index is 0.0930. The van der Waals surface area contributed by atoms with E-state index in [1.807, 2.05) is 6.20 Å². The molecule has 1 aromatic heterocycles. The first-order valence-corrected chi connectivity index (χ1v) is 9.81. The van der Waals surface area contributed by atoms with E-state index in [0.29, 0.717) is 31.8 Å². The number of nitrogens with zero attached hydrogens (tertiary/aromatic N) is 2. The van der Waals surface area contributed by atoms with Crippen LogP contribution in [0.1, 0.15) is 44.2 Å². The van der Waals surface area contributed by atoms with Gasteiger partial charge < -0.3 is 14.2 Å². The first-order valence-electron chi connectivity index (χ1n) is 9.81. The highest BCUT2D eigenvalue weighted by molar-refractivity contribution is 5.10. The summed E-state index contributed by atoms with van der Waals surface area (Å²) in [6.45, 7) is 5.92. The minimum absolute atomic E-state index is 0.0930. The molecule has 4 bridgehead atoms. The fraction of sp³-hybridized carbons (Fsp3) is 0.850. The molecule has 4 aliphatic carbocycles. The number of hydrogen-bond acceptors (Lipinski definition) is 4. The Balaban J connectivity index is 1.39. The van der Waals surface area contributed by atoms with Crippen LogP contribution < -0.4 is 0 Å². The Hall–Kier alpha value is -0.910. The van der Waals surface area contributed by atoms with Gasteiger partial charge in [-0.25, -0.2) is 0 Å². The summed E-state index contributed by atoms with van der Waals surface area (Å²) in [4.78, 5) is 0. The second-order valence-electron chi connectivity index (χ2n) is 8.73. The lowest BCUT2D eigenvalue weighted by atomic mass is 9.48. The van der Waals surface area contributed by atoms with Crippen LogP contribution in [0, 0.1) is 24.2 Å². The molecule has 0 aliphatic heterocycles. The smallest absolute Gasteiger partial charge is 0.0708 e. The van der Waals surface area contributed by atoms with Crippen LogP contribution in [0.4, 0.5) is 0 Å². The van der Waals surface area contributed by atoms with E-state index in [0.717, 1.165) is 18.4 Å². The van der Waals surface area contributed by atoms with Gasteiger partial charge >= 0.3 is 0 Å². The maximum absolute atomic E-state index is 6.50. The third kappa shape index (κ3) is 3.64. The Kier molecular flexibility index (Phi) is 4.91. The van der Waals surface area contributed by atoms with Crippen molar-refractivity contribution in [3.05, 3.63) is 18.0 Å². The van der Waals surface area contributed by atoms with E-state index in [4.69, 9.17) is 14.2 Å². The van der Waals surface area contributed by atoms with Gasteiger partial charge in [-0.3, -0.25) is 4.68 Å². The zero-order valence-electron chi connectivity index (χ0n) is 15.7. The molecule has 2 unspecified atom stereocenters. The molecule has 1 aromatic rings. The van der Waals surface area contributed by atoms with Crippen molar-refractivity contribution < 1.29 is 14.2 Å². The predicted molar refractivity (Wildman–Crippen MR) is 95.5 cm³/mol. The molecule has 2 atom stereocenters. The van der Waals surface area contributed by atoms with Crippen molar-refractivity contribution in [1.82, 2.24) is 9.78 Å². The largest absolute Gasteiger partial charge is 0.382 e. The average Bonchev–Trinajstić information content (AvgIpc) is 2.94. The summed E-state index contributed by atoms with van der Waals surface area (Å²) in [5.74, 6) is 1.68. The maximum atomic E-state index is 6.50. The van der Waals surface area contributed by atoms with Gasteiger partial charge in [-0.2, -0.15) is 5.10 Å². The van der Waals surface area contributed by atoms with Gasteiger partial charge in [-0.15, -0.1) is 0 Å². The molecule has 140 valence electrons. The topological polar surface area (TPSA) is 45.5 Å². The maximum Gasteiger partial charge on any atom is 0.0708 e. The van der Waals surface area contributed by atoms with Gasteiger partial charge in [-0.05, 0) is 68.8 Å². The lowest BCUT2D eigenvalue weighted by molar-refractivity contribution is -0.201. The molecule has 5 heteroatoms. The van der Waals surface area contributed by atoms with Gasteiger partial charge in [-0.1, -0.05) is 0 Å². The highest BCUT2D eigenvalue weighted by atomic mass is 16.5. The van der Waals surface area contributed by atoms with E-state index < -0.39 is 0 Å². The zero-order valence-corrected chi connectivity index (χ0v) is 15.7. The summed E-state index contributed by atoms with van der Waals surface area (Å²) in [6.07, 6.45) is 9.76. The molecule has 5 rings (SSSR count). The van der Waals surface area contributed by atoms with Crippen molar-refractivity contribution >= 4 is 0 Å². The molecule has 4 aliphatic rings. The summed E-state index contributed by atoms with van der Waals surface area (Å²) in [5, 5.41) is 4.56. The molecule has 0 aromatic carbocycles. The normalized spacial score (nSPS) is 36.2. The second kappa shape index (κ2) is 7.01. The molecule has 0 radical (unpaired) electrons. The van der Waals surface area contributed by atoms with E-state index >= 15 is 0 Å². The molecule has 4 fully saturated rings. The van der Waals surface area contributed by atoms with E-state index in [1.165, 1.54) is 44.2 Å². The summed E-state index contributed by atoms with van der Waals surface area (Å²) >= 11 is 0. The molecule has 0 amide bonds. The molecule has 0 N–H and O–H groups in total. The van der Waals surface area contributed by atoms with E-state index in [2.05, 4.69) is 22.8 Å². The fourth-order valence-electron chi connectivity index (χ4n) is 6.16. The number of methoxy groups -OCH3 is 1. The molecule has 1 heterocycles. The lowest BCUT2D eigenvalue weighted by Gasteiger charge is -2.61. The average molecular weight is 348 g/mol.